The molecule has 5 nitrogen and oxygen atoms in total. The maximum absolute atomic E-state index is 13.2. The van der Waals surface area contributed by atoms with Gasteiger partial charge in [-0.05, 0) is 76.6 Å². The van der Waals surface area contributed by atoms with Crippen LogP contribution in [0.25, 0.3) is 0 Å². The number of amides is 1. The second-order valence-corrected chi connectivity index (χ2v) is 9.08. The van der Waals surface area contributed by atoms with Crippen LogP contribution in [0.15, 0.2) is 18.2 Å². The van der Waals surface area contributed by atoms with Crippen LogP contribution >= 0.6 is 0 Å². The topological polar surface area (TPSA) is 55.8 Å². The number of fused-ring (bicyclic) bond motifs is 3. The lowest BCUT2D eigenvalue weighted by molar-refractivity contribution is -0.0260. The molecule has 0 N–H and O–H groups in total. The zero-order valence-electron chi connectivity index (χ0n) is 16.5. The minimum Gasteiger partial charge on any atom is -0.493 e. The number of carbonyl (C=O) groups is 2. The Morgan fingerprint density at radius 1 is 1.15 bits per heavy atom. The van der Waals surface area contributed by atoms with E-state index in [2.05, 4.69) is 0 Å². The van der Waals surface area contributed by atoms with E-state index >= 15 is 0 Å². The molecule has 0 saturated carbocycles. The van der Waals surface area contributed by atoms with Crippen molar-refractivity contribution in [3.05, 3.63) is 29.3 Å². The van der Waals surface area contributed by atoms with Gasteiger partial charge in [0.1, 0.15) is 11.4 Å². The van der Waals surface area contributed by atoms with E-state index in [0.29, 0.717) is 6.61 Å². The predicted octanol–water partition coefficient (Wildman–Crippen LogP) is 4.37. The van der Waals surface area contributed by atoms with Gasteiger partial charge in [0.05, 0.1) is 6.61 Å². The van der Waals surface area contributed by atoms with Gasteiger partial charge in [-0.15, -0.1) is 0 Å². The Morgan fingerprint density at radius 3 is 2.52 bits per heavy atom. The van der Waals surface area contributed by atoms with Crippen molar-refractivity contribution < 1.29 is 19.1 Å². The summed E-state index contributed by atoms with van der Waals surface area (Å²) in [6.45, 7) is 6.39. The van der Waals surface area contributed by atoms with E-state index in [0.717, 1.165) is 55.4 Å². The Morgan fingerprint density at radius 2 is 1.85 bits per heavy atom. The molecule has 1 aromatic carbocycles. The van der Waals surface area contributed by atoms with Gasteiger partial charge >= 0.3 is 6.09 Å². The molecule has 0 radical (unpaired) electrons. The van der Waals surface area contributed by atoms with Gasteiger partial charge in [-0.25, -0.2) is 4.79 Å². The summed E-state index contributed by atoms with van der Waals surface area (Å²) in [5, 5.41) is 0. The molecule has 0 spiro atoms. The van der Waals surface area contributed by atoms with Crippen molar-refractivity contribution in [3.63, 3.8) is 0 Å². The van der Waals surface area contributed by atoms with E-state index in [1.54, 1.807) is 0 Å². The minimum atomic E-state index is -0.495. The van der Waals surface area contributed by atoms with Crippen LogP contribution < -0.4 is 4.74 Å². The Labute approximate surface area is 161 Å². The summed E-state index contributed by atoms with van der Waals surface area (Å²) in [5.41, 5.74) is 1.42. The summed E-state index contributed by atoms with van der Waals surface area (Å²) in [6.07, 6.45) is 5.15. The van der Waals surface area contributed by atoms with Gasteiger partial charge in [-0.2, -0.15) is 0 Å². The molecule has 3 heterocycles. The maximum atomic E-state index is 13.2. The number of piperidine rings is 2. The molecule has 2 atom stereocenters. The van der Waals surface area contributed by atoms with Crippen molar-refractivity contribution in [1.82, 2.24) is 4.90 Å². The third-order valence-electron chi connectivity index (χ3n) is 5.92. The number of benzene rings is 1. The Bertz CT molecular complexity index is 737. The average Bonchev–Trinajstić information content (AvgIpc) is 3.06. The molecule has 2 bridgehead atoms. The molecule has 1 amide bonds. The number of Topliss-reactive ketones (excluding diaryl/α,β-unsaturated/α-hetero) is 1. The number of ketones is 1. The van der Waals surface area contributed by atoms with Crippen molar-refractivity contribution in [2.24, 2.45) is 5.92 Å². The number of hydrogen-bond donors (Lipinski definition) is 0. The minimum absolute atomic E-state index is 0.0145. The van der Waals surface area contributed by atoms with E-state index in [-0.39, 0.29) is 29.9 Å². The molecule has 3 aliphatic heterocycles. The van der Waals surface area contributed by atoms with Crippen molar-refractivity contribution in [3.8, 4) is 5.75 Å². The van der Waals surface area contributed by atoms with Crippen LogP contribution in [-0.4, -0.2) is 41.1 Å². The first-order chi connectivity index (χ1) is 12.8. The molecule has 4 rings (SSSR count). The van der Waals surface area contributed by atoms with Gasteiger partial charge in [0.2, 0.25) is 0 Å². The molecule has 2 fully saturated rings. The summed E-state index contributed by atoms with van der Waals surface area (Å²) in [5.74, 6) is 1.10. The third-order valence-corrected chi connectivity index (χ3v) is 5.92. The smallest absolute Gasteiger partial charge is 0.410 e. The molecular formula is C22H29NO4. The first-order valence-electron chi connectivity index (χ1n) is 10.1. The number of ether oxygens (including phenoxy) is 2. The first kappa shape index (κ1) is 18.3. The van der Waals surface area contributed by atoms with E-state index in [1.807, 2.05) is 43.9 Å². The first-order valence-corrected chi connectivity index (χ1v) is 10.1. The van der Waals surface area contributed by atoms with Crippen LogP contribution in [0.3, 0.4) is 0 Å². The Kier molecular flexibility index (Phi) is 4.65. The Hall–Kier alpha value is -2.04. The SMILES string of the molecule is CC(C)(C)OC(=O)N1C2CCCC1CC(C(=O)c1ccc3c(c1)CCO3)C2. The fraction of sp³-hybridized carbons (Fsp3) is 0.636. The van der Waals surface area contributed by atoms with E-state index in [9.17, 15) is 9.59 Å². The highest BCUT2D eigenvalue weighted by molar-refractivity contribution is 5.98. The highest BCUT2D eigenvalue weighted by atomic mass is 16.6. The molecule has 2 unspecified atom stereocenters. The van der Waals surface area contributed by atoms with Crippen LogP contribution in [-0.2, 0) is 11.2 Å². The van der Waals surface area contributed by atoms with Gasteiger partial charge in [-0.3, -0.25) is 4.79 Å². The van der Waals surface area contributed by atoms with Gasteiger partial charge in [0, 0.05) is 30.0 Å². The molecular weight excluding hydrogens is 342 g/mol. The standard InChI is InChI=1S/C22H29NO4/c1-22(2,3)27-21(25)23-17-5-4-6-18(23)13-16(12-17)20(24)15-7-8-19-14(11-15)9-10-26-19/h7-8,11,16-18H,4-6,9-10,12-13H2,1-3H3. The molecule has 3 aliphatic rings. The van der Waals surface area contributed by atoms with Crippen molar-refractivity contribution in [2.75, 3.05) is 6.61 Å². The fourth-order valence-electron chi connectivity index (χ4n) is 4.78. The molecule has 0 aliphatic carbocycles. The van der Waals surface area contributed by atoms with E-state index in [4.69, 9.17) is 9.47 Å². The largest absolute Gasteiger partial charge is 0.493 e. The van der Waals surface area contributed by atoms with Crippen LogP contribution in [0.2, 0.25) is 0 Å². The maximum Gasteiger partial charge on any atom is 0.410 e. The normalized spacial score (nSPS) is 26.9. The fourth-order valence-corrected chi connectivity index (χ4v) is 4.78. The molecule has 0 aromatic heterocycles. The van der Waals surface area contributed by atoms with Gasteiger partial charge < -0.3 is 14.4 Å². The molecule has 146 valence electrons. The summed E-state index contributed by atoms with van der Waals surface area (Å²) in [4.78, 5) is 27.8. The van der Waals surface area contributed by atoms with Gasteiger partial charge in [0.25, 0.3) is 0 Å². The van der Waals surface area contributed by atoms with Crippen molar-refractivity contribution in [1.29, 1.82) is 0 Å². The molecule has 2 saturated heterocycles. The van der Waals surface area contributed by atoms with E-state index < -0.39 is 5.60 Å². The zero-order valence-corrected chi connectivity index (χ0v) is 16.5. The summed E-state index contributed by atoms with van der Waals surface area (Å²) in [6, 6.07) is 6.04. The van der Waals surface area contributed by atoms with Gasteiger partial charge in [-0.1, -0.05) is 0 Å². The molecule has 1 aromatic rings. The number of carbonyl (C=O) groups excluding carboxylic acids is 2. The Balaban J connectivity index is 1.49. The van der Waals surface area contributed by atoms with Crippen LogP contribution in [0, 0.1) is 5.92 Å². The highest BCUT2D eigenvalue weighted by Crippen LogP contribution is 2.39. The summed E-state index contributed by atoms with van der Waals surface area (Å²) < 4.78 is 11.2. The highest BCUT2D eigenvalue weighted by Gasteiger charge is 2.44. The van der Waals surface area contributed by atoms with Crippen molar-refractivity contribution in [2.45, 2.75) is 77.0 Å². The average molecular weight is 371 g/mol. The number of nitrogens with zero attached hydrogens (tertiary/aromatic N) is 1. The zero-order chi connectivity index (χ0) is 19.2. The summed E-state index contributed by atoms with van der Waals surface area (Å²) in [7, 11) is 0. The number of hydrogen-bond acceptors (Lipinski definition) is 4. The summed E-state index contributed by atoms with van der Waals surface area (Å²) >= 11 is 0. The van der Waals surface area contributed by atoms with Gasteiger partial charge in [0.15, 0.2) is 5.78 Å². The second kappa shape index (κ2) is 6.84. The lowest BCUT2D eigenvalue weighted by atomic mass is 9.75. The lowest BCUT2D eigenvalue weighted by Gasteiger charge is -2.48. The van der Waals surface area contributed by atoms with Crippen LogP contribution in [0.4, 0.5) is 4.79 Å². The van der Waals surface area contributed by atoms with E-state index in [1.165, 1.54) is 0 Å². The molecule has 27 heavy (non-hydrogen) atoms. The van der Waals surface area contributed by atoms with Crippen LogP contribution in [0.5, 0.6) is 5.75 Å². The predicted molar refractivity (Wildman–Crippen MR) is 102 cm³/mol. The number of rotatable bonds is 2. The monoisotopic (exact) mass is 371 g/mol. The lowest BCUT2D eigenvalue weighted by Crippen LogP contribution is -2.56. The third kappa shape index (κ3) is 3.69. The molecule has 5 heteroatoms. The van der Waals surface area contributed by atoms with Crippen molar-refractivity contribution >= 4 is 11.9 Å². The second-order valence-electron chi connectivity index (χ2n) is 9.08. The van der Waals surface area contributed by atoms with Crippen LogP contribution in [0.1, 0.15) is 68.8 Å². The quantitative estimate of drug-likeness (QED) is 0.724.